The molecule has 1 aliphatic rings. The SMILES string of the molecule is O=C(Cn1nc(-c2cccnc2)ccc1=O)NC1CCCCC1. The Morgan fingerprint density at radius 3 is 2.78 bits per heavy atom. The maximum Gasteiger partial charge on any atom is 0.267 e. The average Bonchev–Trinajstić information content (AvgIpc) is 2.58. The molecule has 0 spiro atoms. The van der Waals surface area contributed by atoms with E-state index in [2.05, 4.69) is 15.4 Å². The van der Waals surface area contributed by atoms with Crippen molar-refractivity contribution in [1.29, 1.82) is 0 Å². The van der Waals surface area contributed by atoms with Gasteiger partial charge in [-0.3, -0.25) is 14.6 Å². The molecule has 0 atom stereocenters. The zero-order valence-corrected chi connectivity index (χ0v) is 12.9. The van der Waals surface area contributed by atoms with Gasteiger partial charge in [0.2, 0.25) is 5.91 Å². The van der Waals surface area contributed by atoms with Crippen LogP contribution in [0.2, 0.25) is 0 Å². The summed E-state index contributed by atoms with van der Waals surface area (Å²) in [7, 11) is 0. The topological polar surface area (TPSA) is 76.9 Å². The zero-order valence-electron chi connectivity index (χ0n) is 12.9. The largest absolute Gasteiger partial charge is 0.352 e. The number of aromatic nitrogens is 3. The monoisotopic (exact) mass is 312 g/mol. The van der Waals surface area contributed by atoms with Crippen molar-refractivity contribution < 1.29 is 4.79 Å². The predicted octanol–water partition coefficient (Wildman–Crippen LogP) is 1.75. The van der Waals surface area contributed by atoms with Gasteiger partial charge in [0.05, 0.1) is 5.69 Å². The van der Waals surface area contributed by atoms with E-state index in [0.717, 1.165) is 31.2 Å². The van der Waals surface area contributed by atoms with Crippen molar-refractivity contribution in [3.05, 3.63) is 47.0 Å². The van der Waals surface area contributed by atoms with Crippen molar-refractivity contribution in [2.45, 2.75) is 44.7 Å². The number of hydrogen-bond donors (Lipinski definition) is 1. The van der Waals surface area contributed by atoms with Gasteiger partial charge in [0.15, 0.2) is 0 Å². The molecular weight excluding hydrogens is 292 g/mol. The van der Waals surface area contributed by atoms with Gasteiger partial charge in [-0.25, -0.2) is 4.68 Å². The third kappa shape index (κ3) is 4.03. The first-order valence-corrected chi connectivity index (χ1v) is 8.00. The van der Waals surface area contributed by atoms with Gasteiger partial charge in [0, 0.05) is 30.1 Å². The van der Waals surface area contributed by atoms with Crippen LogP contribution in [0.4, 0.5) is 0 Å². The van der Waals surface area contributed by atoms with Gasteiger partial charge in [-0.2, -0.15) is 5.10 Å². The summed E-state index contributed by atoms with van der Waals surface area (Å²) in [5.41, 5.74) is 1.16. The molecule has 3 rings (SSSR count). The fraction of sp³-hybridized carbons (Fsp3) is 0.412. The van der Waals surface area contributed by atoms with E-state index < -0.39 is 0 Å². The quantitative estimate of drug-likeness (QED) is 0.933. The molecule has 0 saturated heterocycles. The number of nitrogens with one attached hydrogen (secondary N) is 1. The maximum absolute atomic E-state index is 12.2. The second-order valence-corrected chi connectivity index (χ2v) is 5.86. The molecule has 1 N–H and O–H groups in total. The van der Waals surface area contributed by atoms with E-state index in [1.807, 2.05) is 12.1 Å². The Labute approximate surface area is 134 Å². The van der Waals surface area contributed by atoms with Crippen molar-refractivity contribution in [3.8, 4) is 11.3 Å². The Bertz CT molecular complexity index is 721. The standard InChI is InChI=1S/C17H20N4O2/c22-16(19-14-6-2-1-3-7-14)12-21-17(23)9-8-15(20-21)13-5-4-10-18-11-13/h4-5,8-11,14H,1-3,6-7,12H2,(H,19,22). The molecule has 0 aliphatic heterocycles. The minimum atomic E-state index is -0.281. The molecule has 0 radical (unpaired) electrons. The number of rotatable bonds is 4. The maximum atomic E-state index is 12.2. The minimum Gasteiger partial charge on any atom is -0.352 e. The van der Waals surface area contributed by atoms with Gasteiger partial charge in [-0.05, 0) is 31.0 Å². The van der Waals surface area contributed by atoms with E-state index in [4.69, 9.17) is 0 Å². The first kappa shape index (κ1) is 15.4. The van der Waals surface area contributed by atoms with Gasteiger partial charge in [-0.15, -0.1) is 0 Å². The van der Waals surface area contributed by atoms with Gasteiger partial charge in [0.25, 0.3) is 5.56 Å². The Morgan fingerprint density at radius 2 is 2.04 bits per heavy atom. The highest BCUT2D eigenvalue weighted by Gasteiger charge is 2.16. The molecular formula is C17H20N4O2. The lowest BCUT2D eigenvalue weighted by Crippen LogP contribution is -2.40. The third-order valence-corrected chi connectivity index (χ3v) is 4.09. The fourth-order valence-electron chi connectivity index (χ4n) is 2.89. The summed E-state index contributed by atoms with van der Waals surface area (Å²) in [6.45, 7) is -0.0521. The zero-order chi connectivity index (χ0) is 16.1. The van der Waals surface area contributed by atoms with Crippen LogP contribution in [0.1, 0.15) is 32.1 Å². The van der Waals surface area contributed by atoms with Crippen LogP contribution in [-0.4, -0.2) is 26.7 Å². The molecule has 6 nitrogen and oxygen atoms in total. The molecule has 1 aliphatic carbocycles. The molecule has 1 fully saturated rings. The molecule has 1 amide bonds. The summed E-state index contributed by atoms with van der Waals surface area (Å²) >= 11 is 0. The van der Waals surface area contributed by atoms with Crippen molar-refractivity contribution in [3.63, 3.8) is 0 Å². The molecule has 0 aromatic carbocycles. The van der Waals surface area contributed by atoms with Gasteiger partial charge in [-0.1, -0.05) is 19.3 Å². The van der Waals surface area contributed by atoms with Crippen molar-refractivity contribution in [2.24, 2.45) is 0 Å². The molecule has 0 bridgehead atoms. The number of carbonyl (C=O) groups excluding carboxylic acids is 1. The molecule has 23 heavy (non-hydrogen) atoms. The smallest absolute Gasteiger partial charge is 0.267 e. The van der Waals surface area contributed by atoms with E-state index in [0.29, 0.717) is 5.69 Å². The Kier molecular flexibility index (Phi) is 4.80. The molecule has 2 heterocycles. The highest BCUT2D eigenvalue weighted by atomic mass is 16.2. The number of carbonyl (C=O) groups is 1. The number of pyridine rings is 1. The molecule has 2 aromatic rings. The van der Waals surface area contributed by atoms with Crippen LogP contribution in [0.15, 0.2) is 41.5 Å². The normalized spacial score (nSPS) is 15.3. The summed E-state index contributed by atoms with van der Waals surface area (Å²) < 4.78 is 1.21. The van der Waals surface area contributed by atoms with E-state index in [-0.39, 0.29) is 24.1 Å². The molecule has 1 saturated carbocycles. The lowest BCUT2D eigenvalue weighted by molar-refractivity contribution is -0.122. The van der Waals surface area contributed by atoms with E-state index in [9.17, 15) is 9.59 Å². The van der Waals surface area contributed by atoms with E-state index in [1.165, 1.54) is 17.2 Å². The summed E-state index contributed by atoms with van der Waals surface area (Å²) in [6.07, 6.45) is 8.93. The lowest BCUT2D eigenvalue weighted by Gasteiger charge is -2.22. The molecule has 0 unspecified atom stereocenters. The Morgan fingerprint density at radius 1 is 1.22 bits per heavy atom. The molecule has 6 heteroatoms. The van der Waals surface area contributed by atoms with Gasteiger partial charge >= 0.3 is 0 Å². The van der Waals surface area contributed by atoms with Crippen LogP contribution in [0, 0.1) is 0 Å². The highest BCUT2D eigenvalue weighted by Crippen LogP contribution is 2.17. The predicted molar refractivity (Wildman–Crippen MR) is 86.7 cm³/mol. The van der Waals surface area contributed by atoms with E-state index in [1.54, 1.807) is 18.5 Å². The second-order valence-electron chi connectivity index (χ2n) is 5.86. The van der Waals surface area contributed by atoms with Crippen molar-refractivity contribution in [1.82, 2.24) is 20.1 Å². The summed E-state index contributed by atoms with van der Waals surface area (Å²) in [5, 5.41) is 7.28. The van der Waals surface area contributed by atoms with E-state index >= 15 is 0 Å². The Hall–Kier alpha value is -2.50. The number of hydrogen-bond acceptors (Lipinski definition) is 4. The summed E-state index contributed by atoms with van der Waals surface area (Å²) in [4.78, 5) is 28.1. The minimum absolute atomic E-state index is 0.0521. The first-order chi connectivity index (χ1) is 11.2. The molecule has 120 valence electrons. The third-order valence-electron chi connectivity index (χ3n) is 4.09. The lowest BCUT2D eigenvalue weighted by atomic mass is 9.95. The van der Waals surface area contributed by atoms with Crippen LogP contribution in [0.5, 0.6) is 0 Å². The van der Waals surface area contributed by atoms with Crippen LogP contribution < -0.4 is 10.9 Å². The van der Waals surface area contributed by atoms with Crippen molar-refractivity contribution >= 4 is 5.91 Å². The van der Waals surface area contributed by atoms with Crippen LogP contribution in [0.3, 0.4) is 0 Å². The van der Waals surface area contributed by atoms with Gasteiger partial charge < -0.3 is 5.32 Å². The van der Waals surface area contributed by atoms with Crippen LogP contribution in [-0.2, 0) is 11.3 Å². The van der Waals surface area contributed by atoms with Crippen LogP contribution in [0.25, 0.3) is 11.3 Å². The summed E-state index contributed by atoms with van der Waals surface area (Å²) in [6, 6.07) is 6.99. The number of nitrogens with zero attached hydrogens (tertiary/aromatic N) is 3. The highest BCUT2D eigenvalue weighted by molar-refractivity contribution is 5.76. The molecule has 2 aromatic heterocycles. The van der Waals surface area contributed by atoms with Crippen LogP contribution >= 0.6 is 0 Å². The summed E-state index contributed by atoms with van der Waals surface area (Å²) in [5.74, 6) is -0.158. The first-order valence-electron chi connectivity index (χ1n) is 8.00. The average molecular weight is 312 g/mol. The van der Waals surface area contributed by atoms with Crippen molar-refractivity contribution in [2.75, 3.05) is 0 Å². The van der Waals surface area contributed by atoms with Gasteiger partial charge in [0.1, 0.15) is 6.54 Å². The fourth-order valence-corrected chi connectivity index (χ4v) is 2.89. The second kappa shape index (κ2) is 7.17. The Balaban J connectivity index is 1.72. The number of amides is 1.